The van der Waals surface area contributed by atoms with E-state index < -0.39 is 0 Å². The molecule has 0 saturated carbocycles. The van der Waals surface area contributed by atoms with Crippen LogP contribution in [0, 0.1) is 5.92 Å². The molecular weight excluding hydrogens is 555 g/mol. The molecule has 1 atom stereocenters. The summed E-state index contributed by atoms with van der Waals surface area (Å²) in [5.74, 6) is 1.62. The molecule has 0 aliphatic carbocycles. The highest BCUT2D eigenvalue weighted by atomic mass is 35.5. The number of nitrogens with one attached hydrogen (secondary N) is 1. The molecule has 1 fully saturated rings. The third-order valence-electron chi connectivity index (χ3n) is 7.33. The first-order chi connectivity index (χ1) is 19.9. The summed E-state index contributed by atoms with van der Waals surface area (Å²) in [4.78, 5) is 26.3. The number of nitrogens with zero attached hydrogens (tertiary/aromatic N) is 4. The summed E-state index contributed by atoms with van der Waals surface area (Å²) in [7, 11) is 1.50. The minimum atomic E-state index is -0.308. The molecule has 1 aliphatic heterocycles. The number of benzene rings is 3. The third-order valence-corrected chi connectivity index (χ3v) is 7.83. The Balaban J connectivity index is 0.00000189. The van der Waals surface area contributed by atoms with E-state index in [0.29, 0.717) is 12.4 Å². The second kappa shape index (κ2) is 14.7. The zero-order valence-electron chi connectivity index (χ0n) is 23.8. The van der Waals surface area contributed by atoms with Crippen LogP contribution in [0.15, 0.2) is 72.8 Å². The maximum atomic E-state index is 11.7. The van der Waals surface area contributed by atoms with Gasteiger partial charge in [-0.25, -0.2) is 9.97 Å². The number of hydrogen-bond donors (Lipinski definition) is 2. The molecule has 41 heavy (non-hydrogen) atoms. The van der Waals surface area contributed by atoms with Crippen LogP contribution in [0.3, 0.4) is 0 Å². The number of fused-ring (bicyclic) bond motifs is 1. The van der Waals surface area contributed by atoms with Crippen molar-refractivity contribution in [3.05, 3.63) is 99.8 Å². The number of piperazine rings is 1. The molecule has 2 heterocycles. The summed E-state index contributed by atoms with van der Waals surface area (Å²) in [5.41, 5.74) is 7.79. The van der Waals surface area contributed by atoms with Gasteiger partial charge in [0, 0.05) is 41.6 Å². The van der Waals surface area contributed by atoms with Crippen LogP contribution >= 0.6 is 23.2 Å². The van der Waals surface area contributed by atoms with E-state index in [9.17, 15) is 4.79 Å². The molecule has 0 spiro atoms. The Morgan fingerprint density at radius 1 is 0.854 bits per heavy atom. The quantitative estimate of drug-likeness (QED) is 0.229. The van der Waals surface area contributed by atoms with Gasteiger partial charge in [0.25, 0.3) is 0 Å². The van der Waals surface area contributed by atoms with Crippen LogP contribution in [0.4, 0.5) is 5.82 Å². The Morgan fingerprint density at radius 3 is 1.95 bits per heavy atom. The number of para-hydroxylation sites is 1. The monoisotopic (exact) mass is 592 g/mol. The highest BCUT2D eigenvalue weighted by Crippen LogP contribution is 2.31. The van der Waals surface area contributed by atoms with E-state index in [1.54, 1.807) is 0 Å². The van der Waals surface area contributed by atoms with E-state index in [1.165, 1.54) is 18.2 Å². The summed E-state index contributed by atoms with van der Waals surface area (Å²) < 4.78 is 0. The van der Waals surface area contributed by atoms with Gasteiger partial charge in [0.1, 0.15) is 17.9 Å². The predicted molar refractivity (Wildman–Crippen MR) is 170 cm³/mol. The van der Waals surface area contributed by atoms with Gasteiger partial charge in [-0.1, -0.05) is 73.4 Å². The van der Waals surface area contributed by atoms with Gasteiger partial charge in [-0.15, -0.1) is 0 Å². The van der Waals surface area contributed by atoms with Gasteiger partial charge in [0.15, 0.2) is 0 Å². The molecule has 1 aliphatic rings. The Kier molecular flexibility index (Phi) is 11.1. The number of aromatic nitrogens is 2. The van der Waals surface area contributed by atoms with Gasteiger partial charge in [0.05, 0.1) is 24.1 Å². The van der Waals surface area contributed by atoms with E-state index in [-0.39, 0.29) is 18.0 Å². The molecule has 9 heteroatoms. The number of hydrogen-bond acceptors (Lipinski definition) is 7. The largest absolute Gasteiger partial charge is 0.360 e. The van der Waals surface area contributed by atoms with Crippen molar-refractivity contribution in [3.8, 4) is 0 Å². The van der Waals surface area contributed by atoms with Gasteiger partial charge in [-0.05, 0) is 60.5 Å². The van der Waals surface area contributed by atoms with Crippen LogP contribution in [0.5, 0.6) is 0 Å². The van der Waals surface area contributed by atoms with Crippen LogP contribution in [-0.2, 0) is 11.3 Å². The van der Waals surface area contributed by atoms with Gasteiger partial charge >= 0.3 is 0 Å². The Morgan fingerprint density at radius 2 is 1.41 bits per heavy atom. The molecule has 1 unspecified atom stereocenters. The summed E-state index contributed by atoms with van der Waals surface area (Å²) >= 11 is 12.4. The number of nitrogens with two attached hydrogens (primary N) is 1. The van der Waals surface area contributed by atoms with E-state index in [4.69, 9.17) is 33.2 Å². The van der Waals surface area contributed by atoms with Gasteiger partial charge < -0.3 is 15.8 Å². The predicted octanol–water partition coefficient (Wildman–Crippen LogP) is 6.05. The Bertz CT molecular complexity index is 1360. The normalized spacial score (nSPS) is 15.0. The van der Waals surface area contributed by atoms with Gasteiger partial charge in [-0.2, -0.15) is 0 Å². The second-order valence-electron chi connectivity index (χ2n) is 10.4. The van der Waals surface area contributed by atoms with Crippen molar-refractivity contribution < 1.29 is 4.79 Å². The van der Waals surface area contributed by atoms with Crippen molar-refractivity contribution in [2.75, 3.05) is 38.5 Å². The molecule has 3 aromatic carbocycles. The van der Waals surface area contributed by atoms with E-state index in [2.05, 4.69) is 45.1 Å². The molecule has 1 saturated heterocycles. The van der Waals surface area contributed by atoms with Crippen LogP contribution in [-0.4, -0.2) is 65.3 Å². The molecule has 0 amide bonds. The minimum Gasteiger partial charge on any atom is -0.360 e. The average molecular weight is 594 g/mol. The van der Waals surface area contributed by atoms with Crippen molar-refractivity contribution >= 4 is 46.2 Å². The summed E-state index contributed by atoms with van der Waals surface area (Å²) in [6, 6.07) is 24.0. The second-order valence-corrected chi connectivity index (χ2v) is 11.2. The number of halogens is 2. The Labute approximate surface area is 252 Å². The SMILES string of the molecule is CC(C)C(C=O)Nc1nc(CN2CCN(C(c3ccc(Cl)cc3)c3ccc(Cl)cc3)CC2)nc2ccccc12.CN. The molecule has 216 valence electrons. The fourth-order valence-corrected chi connectivity index (χ4v) is 5.36. The fraction of sp³-hybridized carbons (Fsp3) is 0.344. The number of carbonyl (C=O) groups excluding carboxylic acids is 1. The highest BCUT2D eigenvalue weighted by Gasteiger charge is 2.27. The first-order valence-corrected chi connectivity index (χ1v) is 14.7. The number of aldehydes is 1. The van der Waals surface area contributed by atoms with Gasteiger partial charge in [0.2, 0.25) is 0 Å². The molecule has 5 rings (SSSR count). The Hall–Kier alpha value is -3.07. The van der Waals surface area contributed by atoms with Crippen molar-refractivity contribution in [2.24, 2.45) is 11.7 Å². The van der Waals surface area contributed by atoms with Crippen molar-refractivity contribution in [3.63, 3.8) is 0 Å². The lowest BCUT2D eigenvalue weighted by Gasteiger charge is -2.39. The van der Waals surface area contributed by atoms with Crippen molar-refractivity contribution in [2.45, 2.75) is 32.5 Å². The third kappa shape index (κ3) is 7.82. The first-order valence-electron chi connectivity index (χ1n) is 13.9. The van der Waals surface area contributed by atoms with Crippen LogP contribution < -0.4 is 11.1 Å². The first kappa shape index (κ1) is 30.9. The number of anilines is 1. The van der Waals surface area contributed by atoms with Gasteiger partial charge in [-0.3, -0.25) is 9.80 Å². The average Bonchev–Trinajstić information content (AvgIpc) is 2.99. The summed E-state index contributed by atoms with van der Waals surface area (Å²) in [6.45, 7) is 8.27. The highest BCUT2D eigenvalue weighted by molar-refractivity contribution is 6.30. The maximum Gasteiger partial charge on any atom is 0.145 e. The zero-order valence-corrected chi connectivity index (χ0v) is 25.3. The molecule has 0 bridgehead atoms. The lowest BCUT2D eigenvalue weighted by Crippen LogP contribution is -2.47. The molecule has 7 nitrogen and oxygen atoms in total. The fourth-order valence-electron chi connectivity index (χ4n) is 5.11. The molecule has 1 aromatic heterocycles. The smallest absolute Gasteiger partial charge is 0.145 e. The van der Waals surface area contributed by atoms with Crippen molar-refractivity contribution in [1.29, 1.82) is 0 Å². The van der Waals surface area contributed by atoms with E-state index in [1.807, 2.05) is 62.4 Å². The van der Waals surface area contributed by atoms with Crippen LogP contribution in [0.1, 0.15) is 36.8 Å². The minimum absolute atomic E-state index is 0.116. The maximum absolute atomic E-state index is 11.7. The van der Waals surface area contributed by atoms with Crippen molar-refractivity contribution in [1.82, 2.24) is 19.8 Å². The molecule has 0 radical (unpaired) electrons. The van der Waals surface area contributed by atoms with E-state index in [0.717, 1.165) is 59.2 Å². The van der Waals surface area contributed by atoms with Crippen LogP contribution in [0.25, 0.3) is 10.9 Å². The summed E-state index contributed by atoms with van der Waals surface area (Å²) in [5, 5.41) is 5.74. The van der Waals surface area contributed by atoms with Crippen LogP contribution in [0.2, 0.25) is 10.0 Å². The number of rotatable bonds is 9. The molecule has 3 N–H and O–H groups in total. The summed E-state index contributed by atoms with van der Waals surface area (Å²) in [6.07, 6.45) is 0.957. The molecule has 4 aromatic rings. The lowest BCUT2D eigenvalue weighted by atomic mass is 9.96. The lowest BCUT2D eigenvalue weighted by molar-refractivity contribution is -0.109. The standard InChI is InChI=1S/C31H33Cl2N5O.CH5N/c1-21(2)28(20-39)35-31-26-5-3-4-6-27(26)34-29(36-31)19-37-15-17-38(18-16-37)30(22-7-11-24(32)12-8-22)23-9-13-25(33)14-10-23;1-2/h3-14,20-21,28,30H,15-19H2,1-2H3,(H,34,35,36);2H2,1H3. The zero-order chi connectivity index (χ0) is 29.4. The topological polar surface area (TPSA) is 87.4 Å². The number of carbonyl (C=O) groups is 1. The molecular formula is C32H38Cl2N6O. The van der Waals surface area contributed by atoms with E-state index >= 15 is 0 Å².